The van der Waals surface area contributed by atoms with Crippen molar-refractivity contribution < 1.29 is 27.8 Å². The number of hydrogen-bond donors (Lipinski definition) is 1. The molecule has 0 aliphatic heterocycles. The van der Waals surface area contributed by atoms with Gasteiger partial charge in [-0.2, -0.15) is 8.78 Å². The molecule has 1 N–H and O–H groups in total. The van der Waals surface area contributed by atoms with E-state index in [-0.39, 0.29) is 42.9 Å². The quantitative estimate of drug-likeness (QED) is 0.453. The zero-order valence-corrected chi connectivity index (χ0v) is 18.9. The Morgan fingerprint density at radius 3 is 2.71 bits per heavy atom. The van der Waals surface area contributed by atoms with E-state index in [1.165, 1.54) is 11.0 Å². The highest BCUT2D eigenvalue weighted by Crippen LogP contribution is 2.30. The lowest BCUT2D eigenvalue weighted by molar-refractivity contribution is -0.116. The number of benzene rings is 2. The average molecular weight is 472 g/mol. The van der Waals surface area contributed by atoms with Crippen molar-refractivity contribution >= 4 is 17.5 Å². The molecule has 1 aromatic heterocycles. The normalized spacial score (nSPS) is 10.7. The maximum atomic E-state index is 12.9. The first-order valence-corrected chi connectivity index (χ1v) is 10.7. The zero-order chi connectivity index (χ0) is 24.5. The molecule has 180 valence electrons. The molecule has 0 radical (unpaired) electrons. The van der Waals surface area contributed by atoms with Gasteiger partial charge >= 0.3 is 6.61 Å². The minimum Gasteiger partial charge on any atom is -0.490 e. The smallest absolute Gasteiger partial charge is 0.387 e. The molecule has 3 rings (SSSR count). The molecule has 0 fully saturated rings. The highest BCUT2D eigenvalue weighted by Gasteiger charge is 2.16. The molecule has 0 spiro atoms. The fraction of sp³-hybridized carbons (Fsp3) is 0.292. The van der Waals surface area contributed by atoms with Crippen molar-refractivity contribution in [1.82, 2.24) is 14.5 Å². The molecule has 3 aromatic rings. The summed E-state index contributed by atoms with van der Waals surface area (Å²) in [5, 5.41) is 2.80. The van der Waals surface area contributed by atoms with Crippen LogP contribution in [0.15, 0.2) is 61.2 Å². The second kappa shape index (κ2) is 11.8. The molecule has 0 aliphatic carbocycles. The summed E-state index contributed by atoms with van der Waals surface area (Å²) in [5.74, 6) is -0.325. The number of imidazole rings is 1. The third kappa shape index (κ3) is 7.03. The first-order valence-electron chi connectivity index (χ1n) is 10.7. The number of alkyl halides is 2. The molecule has 10 heteroatoms. The molecule has 2 aromatic carbocycles. The third-order valence-corrected chi connectivity index (χ3v) is 4.84. The SMILES string of the molecule is CCOc1cc(CN(C)C(=O)c2cccc(NC(=O)CCn3ccnc3)c2)ccc1OC(F)F. The lowest BCUT2D eigenvalue weighted by atomic mass is 10.1. The molecule has 0 saturated heterocycles. The van der Waals surface area contributed by atoms with Gasteiger partial charge in [0.15, 0.2) is 11.5 Å². The largest absolute Gasteiger partial charge is 0.490 e. The number of ether oxygens (including phenoxy) is 2. The maximum absolute atomic E-state index is 12.9. The fourth-order valence-electron chi connectivity index (χ4n) is 3.28. The van der Waals surface area contributed by atoms with Gasteiger partial charge in [-0.25, -0.2) is 4.98 Å². The van der Waals surface area contributed by atoms with Crippen LogP contribution in [0.2, 0.25) is 0 Å². The number of amides is 2. The van der Waals surface area contributed by atoms with Crippen molar-refractivity contribution in [2.24, 2.45) is 0 Å². The minimum absolute atomic E-state index is 0.0638. The van der Waals surface area contributed by atoms with Crippen LogP contribution in [0.4, 0.5) is 14.5 Å². The van der Waals surface area contributed by atoms with E-state index >= 15 is 0 Å². The summed E-state index contributed by atoms with van der Waals surface area (Å²) in [4.78, 5) is 30.6. The molecule has 0 saturated carbocycles. The van der Waals surface area contributed by atoms with Crippen LogP contribution in [-0.2, 0) is 17.9 Å². The number of aromatic nitrogens is 2. The number of nitrogens with one attached hydrogen (secondary N) is 1. The van der Waals surface area contributed by atoms with Crippen LogP contribution >= 0.6 is 0 Å². The molecule has 2 amide bonds. The molecule has 0 aliphatic rings. The summed E-state index contributed by atoms with van der Waals surface area (Å²) in [6.45, 7) is -0.239. The molecule has 8 nitrogen and oxygen atoms in total. The number of hydrogen-bond acceptors (Lipinski definition) is 5. The van der Waals surface area contributed by atoms with Crippen LogP contribution in [0.5, 0.6) is 11.5 Å². The Morgan fingerprint density at radius 1 is 1.18 bits per heavy atom. The lowest BCUT2D eigenvalue weighted by Crippen LogP contribution is -2.26. The van der Waals surface area contributed by atoms with E-state index in [0.717, 1.165) is 0 Å². The monoisotopic (exact) mass is 472 g/mol. The van der Waals surface area contributed by atoms with Crippen molar-refractivity contribution in [3.05, 3.63) is 72.3 Å². The van der Waals surface area contributed by atoms with E-state index in [9.17, 15) is 18.4 Å². The zero-order valence-electron chi connectivity index (χ0n) is 18.9. The van der Waals surface area contributed by atoms with Crippen LogP contribution in [0, 0.1) is 0 Å². The van der Waals surface area contributed by atoms with E-state index in [2.05, 4.69) is 15.0 Å². The maximum Gasteiger partial charge on any atom is 0.387 e. The van der Waals surface area contributed by atoms with E-state index < -0.39 is 6.61 Å². The molecule has 0 atom stereocenters. The Kier molecular flexibility index (Phi) is 8.55. The van der Waals surface area contributed by atoms with Crippen molar-refractivity contribution in [1.29, 1.82) is 0 Å². The van der Waals surface area contributed by atoms with Gasteiger partial charge in [0.05, 0.1) is 12.9 Å². The van der Waals surface area contributed by atoms with E-state index in [0.29, 0.717) is 23.4 Å². The molecule has 1 heterocycles. The summed E-state index contributed by atoms with van der Waals surface area (Å²) < 4.78 is 36.9. The molecule has 0 unspecified atom stereocenters. The second-order valence-electron chi connectivity index (χ2n) is 7.43. The van der Waals surface area contributed by atoms with Gasteiger partial charge in [-0.15, -0.1) is 0 Å². The van der Waals surface area contributed by atoms with Crippen molar-refractivity contribution in [3.8, 4) is 11.5 Å². The van der Waals surface area contributed by atoms with E-state index in [1.54, 1.807) is 73.7 Å². The minimum atomic E-state index is -2.96. The Morgan fingerprint density at radius 2 is 2.00 bits per heavy atom. The van der Waals surface area contributed by atoms with Crippen LogP contribution in [0.1, 0.15) is 29.3 Å². The van der Waals surface area contributed by atoms with Gasteiger partial charge in [-0.3, -0.25) is 9.59 Å². The van der Waals surface area contributed by atoms with Gasteiger partial charge in [0, 0.05) is 50.2 Å². The summed E-state index contributed by atoms with van der Waals surface area (Å²) in [7, 11) is 1.63. The van der Waals surface area contributed by atoms with Crippen LogP contribution in [0.25, 0.3) is 0 Å². The average Bonchev–Trinajstić information content (AvgIpc) is 3.33. The first kappa shape index (κ1) is 24.7. The van der Waals surface area contributed by atoms with Crippen molar-refractivity contribution in [2.75, 3.05) is 19.0 Å². The summed E-state index contributed by atoms with van der Waals surface area (Å²) in [6, 6.07) is 11.2. The van der Waals surface area contributed by atoms with Crippen molar-refractivity contribution in [3.63, 3.8) is 0 Å². The van der Waals surface area contributed by atoms with Gasteiger partial charge in [0.25, 0.3) is 5.91 Å². The summed E-state index contributed by atoms with van der Waals surface area (Å²) in [5.41, 5.74) is 1.60. The standard InChI is InChI=1S/C24H26F2N4O4/c1-3-33-21-13-17(7-8-20(21)34-24(25)26)15-29(2)23(32)18-5-4-6-19(14-18)28-22(31)9-11-30-12-10-27-16-30/h4-8,10,12-14,16,24H,3,9,11,15H2,1-2H3,(H,28,31). The van der Waals surface area contributed by atoms with Gasteiger partial charge in [0.2, 0.25) is 5.91 Å². The van der Waals surface area contributed by atoms with E-state index in [1.807, 2.05) is 0 Å². The molecular weight excluding hydrogens is 446 g/mol. The molecule has 0 bridgehead atoms. The van der Waals surface area contributed by atoms with Gasteiger partial charge in [-0.05, 0) is 42.8 Å². The molecular formula is C24H26F2N4O4. The number of anilines is 1. The number of carbonyl (C=O) groups is 2. The number of carbonyl (C=O) groups excluding carboxylic acids is 2. The van der Waals surface area contributed by atoms with Crippen LogP contribution in [0.3, 0.4) is 0 Å². The van der Waals surface area contributed by atoms with Crippen molar-refractivity contribution in [2.45, 2.75) is 33.0 Å². The first-order chi connectivity index (χ1) is 16.4. The highest BCUT2D eigenvalue weighted by molar-refractivity contribution is 5.97. The Bertz CT molecular complexity index is 1110. The lowest BCUT2D eigenvalue weighted by Gasteiger charge is -2.19. The van der Waals surface area contributed by atoms with E-state index in [4.69, 9.17) is 4.74 Å². The third-order valence-electron chi connectivity index (χ3n) is 4.84. The highest BCUT2D eigenvalue weighted by atomic mass is 19.3. The Labute approximate surface area is 196 Å². The van der Waals surface area contributed by atoms with Gasteiger partial charge in [0.1, 0.15) is 0 Å². The van der Waals surface area contributed by atoms with Gasteiger partial charge in [-0.1, -0.05) is 12.1 Å². The second-order valence-corrected chi connectivity index (χ2v) is 7.43. The van der Waals surface area contributed by atoms with Gasteiger partial charge < -0.3 is 24.3 Å². The van der Waals surface area contributed by atoms with Crippen LogP contribution < -0.4 is 14.8 Å². The number of nitrogens with zero attached hydrogens (tertiary/aromatic N) is 3. The predicted octanol–water partition coefficient (Wildman–Crippen LogP) is 4.18. The fourth-order valence-corrected chi connectivity index (χ4v) is 3.28. The Balaban J connectivity index is 1.62. The summed E-state index contributed by atoms with van der Waals surface area (Å²) >= 11 is 0. The topological polar surface area (TPSA) is 85.7 Å². The Hall–Kier alpha value is -3.95. The number of aryl methyl sites for hydroxylation is 1. The molecule has 34 heavy (non-hydrogen) atoms. The number of rotatable bonds is 11. The predicted molar refractivity (Wildman–Crippen MR) is 122 cm³/mol. The van der Waals surface area contributed by atoms with Crippen LogP contribution in [-0.4, -0.2) is 46.5 Å². The number of halogens is 2. The summed E-state index contributed by atoms with van der Waals surface area (Å²) in [6.07, 6.45) is 5.33.